The first kappa shape index (κ1) is 14.0. The lowest BCUT2D eigenvalue weighted by molar-refractivity contribution is 0.0630. The van der Waals surface area contributed by atoms with E-state index in [0.717, 1.165) is 31.9 Å². The van der Waals surface area contributed by atoms with E-state index in [-0.39, 0.29) is 17.5 Å². The van der Waals surface area contributed by atoms with Gasteiger partial charge in [-0.1, -0.05) is 13.8 Å². The number of aromatic nitrogens is 1. The van der Waals surface area contributed by atoms with Gasteiger partial charge in [-0.2, -0.15) is 0 Å². The first-order chi connectivity index (χ1) is 8.91. The number of amides is 1. The number of hydrogen-bond donors (Lipinski definition) is 0. The van der Waals surface area contributed by atoms with Gasteiger partial charge in [0.05, 0.1) is 11.8 Å². The normalized spacial score (nSPS) is 19.2. The van der Waals surface area contributed by atoms with Crippen LogP contribution in [0.4, 0.5) is 4.39 Å². The predicted molar refractivity (Wildman–Crippen MR) is 72.3 cm³/mol. The second kappa shape index (κ2) is 5.27. The van der Waals surface area contributed by atoms with Crippen LogP contribution in [0.15, 0.2) is 18.5 Å². The van der Waals surface area contributed by atoms with Crippen molar-refractivity contribution < 1.29 is 9.18 Å². The lowest BCUT2D eigenvalue weighted by Crippen LogP contribution is -2.41. The molecular formula is C15H21FN2O. The van der Waals surface area contributed by atoms with Crippen LogP contribution in [-0.4, -0.2) is 28.9 Å². The summed E-state index contributed by atoms with van der Waals surface area (Å²) in [5.41, 5.74) is 0.477. The fourth-order valence-corrected chi connectivity index (χ4v) is 2.68. The zero-order valence-electron chi connectivity index (χ0n) is 11.8. The molecule has 1 aliphatic carbocycles. The molecule has 0 aromatic carbocycles. The fourth-order valence-electron chi connectivity index (χ4n) is 2.68. The molecule has 0 atom stereocenters. The smallest absolute Gasteiger partial charge is 0.256 e. The Morgan fingerprint density at radius 3 is 2.63 bits per heavy atom. The van der Waals surface area contributed by atoms with Crippen LogP contribution in [0.3, 0.4) is 0 Å². The highest BCUT2D eigenvalue weighted by molar-refractivity contribution is 5.94. The van der Waals surface area contributed by atoms with Gasteiger partial charge in [0.25, 0.3) is 5.91 Å². The lowest BCUT2D eigenvalue weighted by atomic mass is 9.75. The Morgan fingerprint density at radius 1 is 1.42 bits per heavy atom. The summed E-state index contributed by atoms with van der Waals surface area (Å²) in [6, 6.07) is 1.66. The summed E-state index contributed by atoms with van der Waals surface area (Å²) in [6.45, 7) is 4.52. The van der Waals surface area contributed by atoms with Crippen LogP contribution in [-0.2, 0) is 0 Å². The van der Waals surface area contributed by atoms with E-state index in [1.54, 1.807) is 11.9 Å². The monoisotopic (exact) mass is 264 g/mol. The van der Waals surface area contributed by atoms with Crippen LogP contribution >= 0.6 is 0 Å². The SMILES string of the molecule is CN(C(=O)c1ccncc1F)C1CCC(C)(C)CC1. The number of pyridine rings is 1. The molecule has 1 amide bonds. The maximum absolute atomic E-state index is 13.6. The summed E-state index contributed by atoms with van der Waals surface area (Å²) < 4.78 is 13.6. The number of nitrogens with zero attached hydrogens (tertiary/aromatic N) is 2. The molecule has 2 rings (SSSR count). The first-order valence-corrected chi connectivity index (χ1v) is 6.77. The Kier molecular flexibility index (Phi) is 3.88. The predicted octanol–water partition coefficient (Wildman–Crippen LogP) is 3.26. The Labute approximate surface area is 113 Å². The molecule has 0 aliphatic heterocycles. The van der Waals surface area contributed by atoms with Crippen LogP contribution in [0.5, 0.6) is 0 Å². The zero-order valence-corrected chi connectivity index (χ0v) is 11.8. The average molecular weight is 264 g/mol. The van der Waals surface area contributed by atoms with Crippen molar-refractivity contribution >= 4 is 5.91 Å². The van der Waals surface area contributed by atoms with E-state index in [1.165, 1.54) is 12.3 Å². The average Bonchev–Trinajstić information content (AvgIpc) is 2.38. The molecule has 4 heteroatoms. The molecule has 0 spiro atoms. The Morgan fingerprint density at radius 2 is 2.05 bits per heavy atom. The minimum absolute atomic E-state index is 0.113. The molecule has 1 aromatic heterocycles. The number of carbonyl (C=O) groups is 1. The molecule has 104 valence electrons. The van der Waals surface area contributed by atoms with Crippen molar-refractivity contribution in [3.63, 3.8) is 0 Å². The van der Waals surface area contributed by atoms with Gasteiger partial charge in [0.15, 0.2) is 5.82 Å². The number of carbonyl (C=O) groups excluding carboxylic acids is 1. The van der Waals surface area contributed by atoms with E-state index in [2.05, 4.69) is 18.8 Å². The van der Waals surface area contributed by atoms with Crippen LogP contribution in [0.2, 0.25) is 0 Å². The molecule has 0 radical (unpaired) electrons. The van der Waals surface area contributed by atoms with Crippen LogP contribution in [0.25, 0.3) is 0 Å². The summed E-state index contributed by atoms with van der Waals surface area (Å²) in [7, 11) is 1.77. The van der Waals surface area contributed by atoms with Crippen molar-refractivity contribution in [2.45, 2.75) is 45.6 Å². The second-order valence-electron chi connectivity index (χ2n) is 6.17. The Balaban J connectivity index is 2.06. The number of hydrogen-bond acceptors (Lipinski definition) is 2. The fraction of sp³-hybridized carbons (Fsp3) is 0.600. The van der Waals surface area contributed by atoms with Crippen molar-refractivity contribution in [2.75, 3.05) is 7.05 Å². The van der Waals surface area contributed by atoms with Gasteiger partial charge in [-0.25, -0.2) is 4.39 Å². The highest BCUT2D eigenvalue weighted by atomic mass is 19.1. The van der Waals surface area contributed by atoms with Crippen molar-refractivity contribution in [1.82, 2.24) is 9.88 Å². The van der Waals surface area contributed by atoms with Crippen molar-refractivity contribution in [3.05, 3.63) is 29.8 Å². The molecule has 0 saturated heterocycles. The summed E-state index contributed by atoms with van der Waals surface area (Å²) in [5.74, 6) is -0.792. The van der Waals surface area contributed by atoms with Gasteiger partial charge in [-0.3, -0.25) is 9.78 Å². The quantitative estimate of drug-likeness (QED) is 0.821. The largest absolute Gasteiger partial charge is 0.339 e. The molecule has 1 aliphatic rings. The zero-order chi connectivity index (χ0) is 14.0. The number of rotatable bonds is 2. The van der Waals surface area contributed by atoms with Gasteiger partial charge in [-0.05, 0) is 37.2 Å². The standard InChI is InChI=1S/C15H21FN2O/c1-15(2)7-4-11(5-8-15)18(3)14(19)12-6-9-17-10-13(12)16/h6,9-11H,4-5,7-8H2,1-3H3. The molecule has 1 saturated carbocycles. The van der Waals surface area contributed by atoms with Crippen LogP contribution in [0.1, 0.15) is 49.9 Å². The topological polar surface area (TPSA) is 33.2 Å². The van der Waals surface area contributed by atoms with Crippen LogP contribution < -0.4 is 0 Å². The van der Waals surface area contributed by atoms with Gasteiger partial charge in [0.2, 0.25) is 0 Å². The number of halogens is 1. The van der Waals surface area contributed by atoms with Gasteiger partial charge in [0, 0.05) is 19.3 Å². The lowest BCUT2D eigenvalue weighted by Gasteiger charge is -2.38. The third kappa shape index (κ3) is 3.11. The van der Waals surface area contributed by atoms with Gasteiger partial charge >= 0.3 is 0 Å². The molecule has 0 unspecified atom stereocenters. The van der Waals surface area contributed by atoms with E-state index in [9.17, 15) is 9.18 Å². The molecule has 19 heavy (non-hydrogen) atoms. The summed E-state index contributed by atoms with van der Waals surface area (Å²) >= 11 is 0. The van der Waals surface area contributed by atoms with Gasteiger partial charge in [-0.15, -0.1) is 0 Å². The van der Waals surface area contributed by atoms with Crippen molar-refractivity contribution in [1.29, 1.82) is 0 Å². The maximum Gasteiger partial charge on any atom is 0.256 e. The van der Waals surface area contributed by atoms with Crippen LogP contribution in [0, 0.1) is 11.2 Å². The highest BCUT2D eigenvalue weighted by Crippen LogP contribution is 2.36. The minimum Gasteiger partial charge on any atom is -0.339 e. The Bertz CT molecular complexity index is 463. The second-order valence-corrected chi connectivity index (χ2v) is 6.17. The van der Waals surface area contributed by atoms with Crippen molar-refractivity contribution in [2.24, 2.45) is 5.41 Å². The van der Waals surface area contributed by atoms with E-state index < -0.39 is 5.82 Å². The summed E-state index contributed by atoms with van der Waals surface area (Å²) in [4.78, 5) is 17.6. The highest BCUT2D eigenvalue weighted by Gasteiger charge is 2.31. The molecule has 3 nitrogen and oxygen atoms in total. The molecule has 1 fully saturated rings. The first-order valence-electron chi connectivity index (χ1n) is 6.77. The minimum atomic E-state index is -0.546. The maximum atomic E-state index is 13.6. The third-order valence-corrected chi connectivity index (χ3v) is 4.18. The van der Waals surface area contributed by atoms with E-state index in [4.69, 9.17) is 0 Å². The molecular weight excluding hydrogens is 243 g/mol. The third-order valence-electron chi connectivity index (χ3n) is 4.18. The molecule has 0 bridgehead atoms. The molecule has 1 heterocycles. The molecule has 1 aromatic rings. The molecule has 0 N–H and O–H groups in total. The summed E-state index contributed by atoms with van der Waals surface area (Å²) in [6.07, 6.45) is 6.73. The van der Waals surface area contributed by atoms with Gasteiger partial charge < -0.3 is 4.90 Å². The van der Waals surface area contributed by atoms with Crippen molar-refractivity contribution in [3.8, 4) is 0 Å². The van der Waals surface area contributed by atoms with Gasteiger partial charge in [0.1, 0.15) is 0 Å². The Hall–Kier alpha value is -1.45. The van der Waals surface area contributed by atoms with E-state index >= 15 is 0 Å². The van der Waals surface area contributed by atoms with E-state index in [0.29, 0.717) is 5.41 Å². The van der Waals surface area contributed by atoms with E-state index in [1.807, 2.05) is 0 Å². The summed E-state index contributed by atoms with van der Waals surface area (Å²) in [5, 5.41) is 0.